The molecule has 0 heterocycles. The lowest BCUT2D eigenvalue weighted by atomic mass is 9.99. The van der Waals surface area contributed by atoms with E-state index >= 15 is 0 Å². The Morgan fingerprint density at radius 1 is 0.750 bits per heavy atom. The molecule has 0 fully saturated rings. The fraction of sp³-hybridized carbons (Fsp3) is 0.167. The molecule has 0 spiro atoms. The molecule has 0 aliphatic heterocycles. The minimum Gasteiger partial charge on any atom is -0.326 e. The Hall–Kier alpha value is -3.40. The van der Waals surface area contributed by atoms with Gasteiger partial charge in [0.05, 0.1) is 0 Å². The lowest BCUT2D eigenvalue weighted by Crippen LogP contribution is -2.18. The lowest BCUT2D eigenvalue weighted by Gasteiger charge is -2.12. The van der Waals surface area contributed by atoms with Crippen molar-refractivity contribution in [3.05, 3.63) is 95.6 Å². The first-order valence-corrected chi connectivity index (χ1v) is 9.37. The fourth-order valence-electron chi connectivity index (χ4n) is 2.83. The molecule has 28 heavy (non-hydrogen) atoms. The Labute approximate surface area is 165 Å². The summed E-state index contributed by atoms with van der Waals surface area (Å²) in [6.07, 6.45) is 0.699. The van der Waals surface area contributed by atoms with E-state index in [2.05, 4.69) is 22.8 Å². The van der Waals surface area contributed by atoms with Crippen LogP contribution in [0.1, 0.15) is 35.3 Å². The Balaban J connectivity index is 1.70. The number of hydrogen-bond donors (Lipinski definition) is 2. The molecule has 2 amide bonds. The van der Waals surface area contributed by atoms with Crippen LogP contribution >= 0.6 is 0 Å². The zero-order chi connectivity index (χ0) is 19.9. The van der Waals surface area contributed by atoms with Crippen LogP contribution in [0.3, 0.4) is 0 Å². The summed E-state index contributed by atoms with van der Waals surface area (Å²) < 4.78 is 0. The number of rotatable bonds is 6. The maximum Gasteiger partial charge on any atom is 0.255 e. The molecule has 0 bridgehead atoms. The molecule has 0 saturated carbocycles. The third-order valence-electron chi connectivity index (χ3n) is 4.43. The highest BCUT2D eigenvalue weighted by molar-refractivity contribution is 6.05. The molecule has 0 aliphatic carbocycles. The van der Waals surface area contributed by atoms with Gasteiger partial charge in [-0.05, 0) is 47.9 Å². The van der Waals surface area contributed by atoms with Crippen LogP contribution in [0, 0.1) is 5.92 Å². The highest BCUT2D eigenvalue weighted by Gasteiger charge is 2.12. The van der Waals surface area contributed by atoms with Gasteiger partial charge in [0.25, 0.3) is 5.91 Å². The van der Waals surface area contributed by atoms with E-state index in [4.69, 9.17) is 0 Å². The number of anilines is 2. The fourth-order valence-corrected chi connectivity index (χ4v) is 2.83. The molecule has 3 aromatic rings. The van der Waals surface area contributed by atoms with Crippen LogP contribution in [-0.2, 0) is 11.2 Å². The van der Waals surface area contributed by atoms with E-state index in [0.717, 1.165) is 11.1 Å². The van der Waals surface area contributed by atoms with E-state index in [0.29, 0.717) is 23.4 Å². The molecule has 0 radical (unpaired) electrons. The van der Waals surface area contributed by atoms with Gasteiger partial charge in [0.15, 0.2) is 0 Å². The number of carbonyl (C=O) groups excluding carboxylic acids is 2. The lowest BCUT2D eigenvalue weighted by molar-refractivity contribution is -0.118. The van der Waals surface area contributed by atoms with Gasteiger partial charge < -0.3 is 10.6 Å². The van der Waals surface area contributed by atoms with Gasteiger partial charge in [-0.2, -0.15) is 0 Å². The van der Waals surface area contributed by atoms with Crippen molar-refractivity contribution in [1.82, 2.24) is 0 Å². The number of nitrogens with one attached hydrogen (secondary N) is 2. The Morgan fingerprint density at radius 3 is 1.96 bits per heavy atom. The molecule has 4 heteroatoms. The van der Waals surface area contributed by atoms with Crippen molar-refractivity contribution in [1.29, 1.82) is 0 Å². The van der Waals surface area contributed by atoms with Crippen LogP contribution in [0.5, 0.6) is 0 Å². The highest BCUT2D eigenvalue weighted by atomic mass is 16.2. The summed E-state index contributed by atoms with van der Waals surface area (Å²) in [5, 5.41) is 5.77. The van der Waals surface area contributed by atoms with Crippen LogP contribution in [0.4, 0.5) is 11.4 Å². The Kier molecular flexibility index (Phi) is 6.22. The summed E-state index contributed by atoms with van der Waals surface area (Å²) in [5.41, 5.74) is 4.19. The van der Waals surface area contributed by atoms with Crippen molar-refractivity contribution < 1.29 is 9.59 Å². The van der Waals surface area contributed by atoms with E-state index in [1.165, 1.54) is 0 Å². The molecular weight excluding hydrogens is 348 g/mol. The van der Waals surface area contributed by atoms with E-state index in [-0.39, 0.29) is 17.7 Å². The van der Waals surface area contributed by atoms with Gasteiger partial charge in [0.1, 0.15) is 0 Å². The zero-order valence-corrected chi connectivity index (χ0v) is 16.1. The van der Waals surface area contributed by atoms with Crippen molar-refractivity contribution in [2.45, 2.75) is 20.3 Å². The van der Waals surface area contributed by atoms with E-state index in [1.807, 2.05) is 56.3 Å². The van der Waals surface area contributed by atoms with Gasteiger partial charge in [0.2, 0.25) is 5.91 Å². The predicted molar refractivity (Wildman–Crippen MR) is 114 cm³/mol. The summed E-state index contributed by atoms with van der Waals surface area (Å²) in [5.74, 6) is -0.266. The Bertz CT molecular complexity index is 948. The second-order valence-corrected chi connectivity index (χ2v) is 6.99. The van der Waals surface area contributed by atoms with Crippen LogP contribution < -0.4 is 10.6 Å². The number of carbonyl (C=O) groups is 2. The van der Waals surface area contributed by atoms with Gasteiger partial charge >= 0.3 is 0 Å². The van der Waals surface area contributed by atoms with Crippen molar-refractivity contribution in [2.75, 3.05) is 10.6 Å². The van der Waals surface area contributed by atoms with Gasteiger partial charge in [-0.15, -0.1) is 0 Å². The number of benzene rings is 3. The van der Waals surface area contributed by atoms with Crippen molar-refractivity contribution >= 4 is 23.2 Å². The molecule has 2 N–H and O–H groups in total. The van der Waals surface area contributed by atoms with Crippen molar-refractivity contribution in [2.24, 2.45) is 5.92 Å². The van der Waals surface area contributed by atoms with E-state index < -0.39 is 0 Å². The number of hydrogen-bond acceptors (Lipinski definition) is 2. The van der Waals surface area contributed by atoms with Crippen LogP contribution in [0.15, 0.2) is 78.9 Å². The predicted octanol–water partition coefficient (Wildman–Crippen LogP) is 5.12. The molecule has 0 atom stereocenters. The molecule has 142 valence electrons. The minimum atomic E-state index is -0.148. The smallest absolute Gasteiger partial charge is 0.255 e. The molecule has 0 aromatic heterocycles. The Morgan fingerprint density at radius 2 is 1.32 bits per heavy atom. The van der Waals surface area contributed by atoms with E-state index in [9.17, 15) is 9.59 Å². The average Bonchev–Trinajstić information content (AvgIpc) is 2.70. The SMILES string of the molecule is CC(C)C(=O)Nc1ccc(NC(=O)c2ccccc2Cc2ccccc2)cc1. The van der Waals surface area contributed by atoms with Crippen molar-refractivity contribution in [3.63, 3.8) is 0 Å². The van der Waals surface area contributed by atoms with E-state index in [1.54, 1.807) is 24.3 Å². The van der Waals surface area contributed by atoms with Crippen molar-refractivity contribution in [3.8, 4) is 0 Å². The summed E-state index contributed by atoms with van der Waals surface area (Å²) in [6, 6.07) is 24.9. The first-order valence-electron chi connectivity index (χ1n) is 9.37. The van der Waals surface area contributed by atoms with Gasteiger partial charge in [-0.1, -0.05) is 62.4 Å². The molecule has 0 aliphatic rings. The summed E-state index contributed by atoms with van der Waals surface area (Å²) in [4.78, 5) is 24.6. The van der Waals surface area contributed by atoms with Gasteiger partial charge in [-0.3, -0.25) is 9.59 Å². The molecule has 0 saturated heterocycles. The maximum atomic E-state index is 12.8. The second-order valence-electron chi connectivity index (χ2n) is 6.99. The third-order valence-corrected chi connectivity index (χ3v) is 4.43. The summed E-state index contributed by atoms with van der Waals surface area (Å²) >= 11 is 0. The largest absolute Gasteiger partial charge is 0.326 e. The first kappa shape index (κ1) is 19.4. The standard InChI is InChI=1S/C24H24N2O2/c1-17(2)23(27)25-20-12-14-21(15-13-20)26-24(28)22-11-7-6-10-19(22)16-18-8-4-3-5-9-18/h3-15,17H,16H2,1-2H3,(H,25,27)(H,26,28). The zero-order valence-electron chi connectivity index (χ0n) is 16.1. The molecule has 3 aromatic carbocycles. The van der Waals surface area contributed by atoms with Crippen LogP contribution in [-0.4, -0.2) is 11.8 Å². The third kappa shape index (κ3) is 5.07. The molecule has 4 nitrogen and oxygen atoms in total. The van der Waals surface area contributed by atoms with Gasteiger partial charge in [-0.25, -0.2) is 0 Å². The molecular formula is C24H24N2O2. The van der Waals surface area contributed by atoms with Gasteiger partial charge in [0, 0.05) is 22.9 Å². The first-order chi connectivity index (χ1) is 13.5. The van der Waals surface area contributed by atoms with Crippen LogP contribution in [0.2, 0.25) is 0 Å². The monoisotopic (exact) mass is 372 g/mol. The molecule has 0 unspecified atom stereocenters. The average molecular weight is 372 g/mol. The maximum absolute atomic E-state index is 12.8. The second kappa shape index (κ2) is 9.00. The summed E-state index contributed by atoms with van der Waals surface area (Å²) in [6.45, 7) is 3.69. The number of amides is 2. The van der Waals surface area contributed by atoms with Crippen LogP contribution in [0.25, 0.3) is 0 Å². The normalized spacial score (nSPS) is 10.5. The molecule has 3 rings (SSSR count). The minimum absolute atomic E-state index is 0.0355. The topological polar surface area (TPSA) is 58.2 Å². The quantitative estimate of drug-likeness (QED) is 0.631. The summed E-state index contributed by atoms with van der Waals surface area (Å²) in [7, 11) is 0. The highest BCUT2D eigenvalue weighted by Crippen LogP contribution is 2.18.